The lowest BCUT2D eigenvalue weighted by atomic mass is 10.0. The molecule has 0 aliphatic rings. The summed E-state index contributed by atoms with van der Waals surface area (Å²) in [4.78, 5) is 11.9. The average molecular weight is 279 g/mol. The standard InChI is InChI=1S/C16H25NO3/c1-3-4-10-20-16(19)15(13(2)18)12-17-11-14-8-6-5-7-9-14/h5-9,13,15,17-18H,3-4,10-12H2,1-2H3/t13-,15+/m1/s1. The molecule has 0 radical (unpaired) electrons. The third-order valence-corrected chi connectivity index (χ3v) is 3.16. The first-order valence-electron chi connectivity index (χ1n) is 7.24. The molecule has 0 unspecified atom stereocenters. The molecule has 4 heteroatoms. The Morgan fingerprint density at radius 3 is 2.65 bits per heavy atom. The highest BCUT2D eigenvalue weighted by atomic mass is 16.5. The minimum Gasteiger partial charge on any atom is -0.465 e. The summed E-state index contributed by atoms with van der Waals surface area (Å²) in [7, 11) is 0. The van der Waals surface area contributed by atoms with E-state index >= 15 is 0 Å². The van der Waals surface area contributed by atoms with Gasteiger partial charge in [0, 0.05) is 13.1 Å². The fourth-order valence-corrected chi connectivity index (χ4v) is 1.84. The number of hydrogen-bond acceptors (Lipinski definition) is 4. The predicted molar refractivity (Wildman–Crippen MR) is 79.2 cm³/mol. The third kappa shape index (κ3) is 6.17. The molecule has 112 valence electrons. The highest BCUT2D eigenvalue weighted by molar-refractivity contribution is 5.73. The van der Waals surface area contributed by atoms with Crippen LogP contribution in [0.15, 0.2) is 30.3 Å². The molecule has 0 saturated heterocycles. The Bertz CT molecular complexity index is 379. The molecular weight excluding hydrogens is 254 g/mol. The van der Waals surface area contributed by atoms with Gasteiger partial charge in [-0.25, -0.2) is 0 Å². The van der Waals surface area contributed by atoms with Gasteiger partial charge in [-0.3, -0.25) is 4.79 Å². The van der Waals surface area contributed by atoms with Crippen molar-refractivity contribution in [2.75, 3.05) is 13.2 Å². The van der Waals surface area contributed by atoms with Crippen molar-refractivity contribution in [1.82, 2.24) is 5.32 Å². The molecule has 2 atom stereocenters. The number of carbonyl (C=O) groups is 1. The summed E-state index contributed by atoms with van der Waals surface area (Å²) in [6.07, 6.45) is 1.13. The van der Waals surface area contributed by atoms with Gasteiger partial charge in [0.05, 0.1) is 18.6 Å². The Balaban J connectivity index is 2.37. The summed E-state index contributed by atoms with van der Waals surface area (Å²) in [5, 5.41) is 12.9. The SMILES string of the molecule is CCCCOC(=O)[C@@H](CNCc1ccccc1)[C@@H](C)O. The van der Waals surface area contributed by atoms with Crippen LogP contribution in [0.25, 0.3) is 0 Å². The van der Waals surface area contributed by atoms with Gasteiger partial charge in [0.25, 0.3) is 0 Å². The van der Waals surface area contributed by atoms with Gasteiger partial charge < -0.3 is 15.2 Å². The van der Waals surface area contributed by atoms with Gasteiger partial charge >= 0.3 is 5.97 Å². The summed E-state index contributed by atoms with van der Waals surface area (Å²) in [5.74, 6) is -0.843. The van der Waals surface area contributed by atoms with E-state index in [1.165, 1.54) is 0 Å². The molecule has 20 heavy (non-hydrogen) atoms. The number of unbranched alkanes of at least 4 members (excludes halogenated alkanes) is 1. The monoisotopic (exact) mass is 279 g/mol. The molecular formula is C16H25NO3. The fraction of sp³-hybridized carbons (Fsp3) is 0.562. The van der Waals surface area contributed by atoms with Gasteiger partial charge in [-0.05, 0) is 18.9 Å². The first-order valence-corrected chi connectivity index (χ1v) is 7.24. The first-order chi connectivity index (χ1) is 9.65. The van der Waals surface area contributed by atoms with Crippen LogP contribution in [0.4, 0.5) is 0 Å². The molecule has 0 bridgehead atoms. The molecule has 0 aliphatic heterocycles. The Morgan fingerprint density at radius 1 is 1.35 bits per heavy atom. The van der Waals surface area contributed by atoms with Crippen molar-refractivity contribution in [1.29, 1.82) is 0 Å². The molecule has 1 aromatic rings. The second-order valence-corrected chi connectivity index (χ2v) is 4.98. The van der Waals surface area contributed by atoms with Crippen LogP contribution in [0.2, 0.25) is 0 Å². The second-order valence-electron chi connectivity index (χ2n) is 4.98. The molecule has 0 spiro atoms. The molecule has 0 saturated carbocycles. The summed E-state index contributed by atoms with van der Waals surface area (Å²) in [5.41, 5.74) is 1.15. The van der Waals surface area contributed by atoms with Gasteiger partial charge in [-0.15, -0.1) is 0 Å². The zero-order chi connectivity index (χ0) is 14.8. The van der Waals surface area contributed by atoms with E-state index in [9.17, 15) is 9.90 Å². The van der Waals surface area contributed by atoms with Crippen LogP contribution < -0.4 is 5.32 Å². The number of benzene rings is 1. The Morgan fingerprint density at radius 2 is 2.05 bits per heavy atom. The van der Waals surface area contributed by atoms with Crippen molar-refractivity contribution >= 4 is 5.97 Å². The molecule has 2 N–H and O–H groups in total. The quantitative estimate of drug-likeness (QED) is 0.537. The molecule has 1 rings (SSSR count). The summed E-state index contributed by atoms with van der Waals surface area (Å²) in [6.45, 7) is 5.18. The number of aliphatic hydroxyl groups excluding tert-OH is 1. The van der Waals surface area contributed by atoms with E-state index in [0.717, 1.165) is 18.4 Å². The number of aliphatic hydroxyl groups is 1. The Kier molecular flexibility index (Phi) is 7.92. The van der Waals surface area contributed by atoms with Gasteiger partial charge in [-0.1, -0.05) is 43.7 Å². The highest BCUT2D eigenvalue weighted by Crippen LogP contribution is 2.07. The van der Waals surface area contributed by atoms with Crippen LogP contribution in [-0.2, 0) is 16.1 Å². The van der Waals surface area contributed by atoms with E-state index in [1.54, 1.807) is 6.92 Å². The van der Waals surface area contributed by atoms with Crippen molar-refractivity contribution in [2.45, 2.75) is 39.3 Å². The zero-order valence-corrected chi connectivity index (χ0v) is 12.3. The topological polar surface area (TPSA) is 58.6 Å². The number of nitrogens with one attached hydrogen (secondary N) is 1. The molecule has 0 fully saturated rings. The number of rotatable bonds is 9. The van der Waals surface area contributed by atoms with Crippen LogP contribution in [0.1, 0.15) is 32.3 Å². The maximum Gasteiger partial charge on any atom is 0.312 e. The van der Waals surface area contributed by atoms with E-state index in [-0.39, 0.29) is 5.97 Å². The van der Waals surface area contributed by atoms with Crippen LogP contribution in [0.3, 0.4) is 0 Å². The lowest BCUT2D eigenvalue weighted by molar-refractivity contribution is -0.152. The van der Waals surface area contributed by atoms with Crippen LogP contribution in [-0.4, -0.2) is 30.3 Å². The van der Waals surface area contributed by atoms with E-state index in [4.69, 9.17) is 4.74 Å². The van der Waals surface area contributed by atoms with Gasteiger partial charge in [-0.2, -0.15) is 0 Å². The van der Waals surface area contributed by atoms with Gasteiger partial charge in [0.15, 0.2) is 0 Å². The Hall–Kier alpha value is -1.39. The lowest BCUT2D eigenvalue weighted by Crippen LogP contribution is -2.36. The normalized spacial score (nSPS) is 13.8. The number of esters is 1. The van der Waals surface area contributed by atoms with Crippen LogP contribution in [0, 0.1) is 5.92 Å². The molecule has 0 amide bonds. The smallest absolute Gasteiger partial charge is 0.312 e. The second kappa shape index (κ2) is 9.50. The minimum atomic E-state index is -0.715. The summed E-state index contributed by atoms with van der Waals surface area (Å²) < 4.78 is 5.17. The predicted octanol–water partition coefficient (Wildman–Crippen LogP) is 2.12. The number of hydrogen-bond donors (Lipinski definition) is 2. The van der Waals surface area contributed by atoms with E-state index < -0.39 is 12.0 Å². The van der Waals surface area contributed by atoms with Crippen molar-refractivity contribution in [3.8, 4) is 0 Å². The van der Waals surface area contributed by atoms with Crippen LogP contribution in [0.5, 0.6) is 0 Å². The number of carbonyl (C=O) groups excluding carboxylic acids is 1. The van der Waals surface area contributed by atoms with E-state index in [2.05, 4.69) is 5.32 Å². The van der Waals surface area contributed by atoms with Crippen molar-refractivity contribution < 1.29 is 14.6 Å². The molecule has 4 nitrogen and oxygen atoms in total. The molecule has 0 aromatic heterocycles. The maximum atomic E-state index is 11.9. The lowest BCUT2D eigenvalue weighted by Gasteiger charge is -2.19. The first kappa shape index (κ1) is 16.7. The van der Waals surface area contributed by atoms with Gasteiger partial charge in [0.1, 0.15) is 0 Å². The van der Waals surface area contributed by atoms with Gasteiger partial charge in [0.2, 0.25) is 0 Å². The molecule has 1 aromatic carbocycles. The highest BCUT2D eigenvalue weighted by Gasteiger charge is 2.24. The maximum absolute atomic E-state index is 11.9. The minimum absolute atomic E-state index is 0.325. The number of ether oxygens (including phenoxy) is 1. The largest absolute Gasteiger partial charge is 0.465 e. The zero-order valence-electron chi connectivity index (χ0n) is 12.3. The van der Waals surface area contributed by atoms with E-state index in [0.29, 0.717) is 19.7 Å². The Labute approximate surface area is 121 Å². The van der Waals surface area contributed by atoms with Crippen LogP contribution >= 0.6 is 0 Å². The fourth-order valence-electron chi connectivity index (χ4n) is 1.84. The van der Waals surface area contributed by atoms with Crippen molar-refractivity contribution in [2.24, 2.45) is 5.92 Å². The van der Waals surface area contributed by atoms with E-state index in [1.807, 2.05) is 37.3 Å². The average Bonchev–Trinajstić information content (AvgIpc) is 2.44. The molecule has 0 aliphatic carbocycles. The van der Waals surface area contributed by atoms with Crippen molar-refractivity contribution in [3.63, 3.8) is 0 Å². The van der Waals surface area contributed by atoms with Crippen molar-refractivity contribution in [3.05, 3.63) is 35.9 Å². The molecule has 0 heterocycles. The summed E-state index contributed by atoms with van der Waals surface area (Å²) in [6, 6.07) is 9.95. The third-order valence-electron chi connectivity index (χ3n) is 3.16. The summed E-state index contributed by atoms with van der Waals surface area (Å²) >= 11 is 0.